The average Bonchev–Trinajstić information content (AvgIpc) is 3.35. The third-order valence-corrected chi connectivity index (χ3v) is 6.64. The molecule has 0 spiro atoms. The van der Waals surface area contributed by atoms with E-state index < -0.39 is 6.04 Å². The number of amides is 2. The van der Waals surface area contributed by atoms with E-state index in [9.17, 15) is 14.0 Å². The van der Waals surface area contributed by atoms with Crippen molar-refractivity contribution >= 4 is 34.8 Å². The first-order valence-corrected chi connectivity index (χ1v) is 12.5. The molecule has 2 aliphatic rings. The lowest BCUT2D eigenvalue weighted by molar-refractivity contribution is -0.124. The highest BCUT2D eigenvalue weighted by molar-refractivity contribution is 7.80. The van der Waals surface area contributed by atoms with Crippen LogP contribution < -0.4 is 25.4 Å². The number of likely N-dealkylation sites (tertiary alicyclic amines) is 1. The zero-order valence-corrected chi connectivity index (χ0v) is 21.2. The smallest absolute Gasteiger partial charge is 0.252 e. The van der Waals surface area contributed by atoms with Crippen LogP contribution in [0, 0.1) is 17.7 Å². The second-order valence-electron chi connectivity index (χ2n) is 9.42. The number of carbonyl (C=O) groups is 2. The van der Waals surface area contributed by atoms with Crippen LogP contribution in [-0.4, -0.2) is 54.3 Å². The normalized spacial score (nSPS) is 15.9. The van der Waals surface area contributed by atoms with E-state index >= 15 is 0 Å². The Morgan fingerprint density at radius 3 is 2.47 bits per heavy atom. The maximum atomic E-state index is 13.2. The molecule has 1 atom stereocenters. The molecule has 2 aliphatic heterocycles. The Balaban J connectivity index is 1.40. The van der Waals surface area contributed by atoms with E-state index in [4.69, 9.17) is 21.7 Å². The molecule has 1 saturated heterocycles. The molecular weight excluding hydrogens is 483 g/mol. The highest BCUT2D eigenvalue weighted by Gasteiger charge is 2.33. The molecule has 10 heteroatoms. The van der Waals surface area contributed by atoms with Crippen molar-refractivity contribution in [2.75, 3.05) is 31.7 Å². The summed E-state index contributed by atoms with van der Waals surface area (Å²) in [6.07, 6.45) is 1.35. The maximum absolute atomic E-state index is 13.2. The van der Waals surface area contributed by atoms with E-state index in [1.807, 2.05) is 18.7 Å². The largest absolute Gasteiger partial charge is 0.454 e. The van der Waals surface area contributed by atoms with Crippen molar-refractivity contribution in [3.8, 4) is 11.5 Å². The molecule has 2 aromatic carbocycles. The molecule has 36 heavy (non-hydrogen) atoms. The summed E-state index contributed by atoms with van der Waals surface area (Å²) in [4.78, 5) is 28.2. The number of hydrogen-bond donors (Lipinski definition) is 3. The van der Waals surface area contributed by atoms with Crippen LogP contribution in [-0.2, 0) is 4.79 Å². The minimum atomic E-state index is -0.678. The van der Waals surface area contributed by atoms with E-state index in [0.717, 1.165) is 0 Å². The van der Waals surface area contributed by atoms with E-state index in [1.54, 1.807) is 30.3 Å². The molecule has 192 valence electrons. The molecule has 0 aromatic heterocycles. The summed E-state index contributed by atoms with van der Waals surface area (Å²) < 4.78 is 23.9. The fraction of sp³-hybridized carbons (Fsp3) is 0.423. The molecule has 2 heterocycles. The summed E-state index contributed by atoms with van der Waals surface area (Å²) in [6, 6.07) is 10.3. The first-order chi connectivity index (χ1) is 17.3. The van der Waals surface area contributed by atoms with Gasteiger partial charge in [0.15, 0.2) is 16.6 Å². The van der Waals surface area contributed by atoms with Gasteiger partial charge < -0.3 is 30.3 Å². The highest BCUT2D eigenvalue weighted by atomic mass is 32.1. The van der Waals surface area contributed by atoms with Gasteiger partial charge in [-0.05, 0) is 79.4 Å². The quantitative estimate of drug-likeness (QED) is 0.487. The molecule has 0 bridgehead atoms. The summed E-state index contributed by atoms with van der Waals surface area (Å²) in [5, 5.41) is 9.60. The predicted octanol–water partition coefficient (Wildman–Crippen LogP) is 3.53. The highest BCUT2D eigenvalue weighted by Crippen LogP contribution is 2.32. The van der Waals surface area contributed by atoms with Crippen LogP contribution >= 0.6 is 12.2 Å². The van der Waals surface area contributed by atoms with Gasteiger partial charge in [0.05, 0.1) is 0 Å². The zero-order valence-electron chi connectivity index (χ0n) is 20.4. The van der Waals surface area contributed by atoms with Crippen molar-refractivity contribution in [2.24, 2.45) is 11.8 Å². The van der Waals surface area contributed by atoms with Gasteiger partial charge >= 0.3 is 0 Å². The van der Waals surface area contributed by atoms with E-state index in [1.165, 1.54) is 12.1 Å². The monoisotopic (exact) mass is 514 g/mol. The fourth-order valence-corrected chi connectivity index (χ4v) is 4.55. The van der Waals surface area contributed by atoms with E-state index in [-0.39, 0.29) is 36.3 Å². The van der Waals surface area contributed by atoms with Crippen LogP contribution in [0.2, 0.25) is 0 Å². The molecule has 0 radical (unpaired) electrons. The second-order valence-corrected chi connectivity index (χ2v) is 9.81. The maximum Gasteiger partial charge on any atom is 0.252 e. The molecule has 0 aliphatic carbocycles. The first-order valence-electron chi connectivity index (χ1n) is 12.1. The minimum Gasteiger partial charge on any atom is -0.454 e. The third-order valence-electron chi connectivity index (χ3n) is 6.28. The minimum absolute atomic E-state index is 0.0556. The van der Waals surface area contributed by atoms with Gasteiger partial charge in [0, 0.05) is 30.9 Å². The van der Waals surface area contributed by atoms with E-state index in [2.05, 4.69) is 16.0 Å². The number of benzene rings is 2. The Kier molecular flexibility index (Phi) is 8.25. The average molecular weight is 515 g/mol. The van der Waals surface area contributed by atoms with Crippen LogP contribution in [0.1, 0.15) is 37.0 Å². The molecule has 1 unspecified atom stereocenters. The van der Waals surface area contributed by atoms with Crippen molar-refractivity contribution in [3.05, 3.63) is 53.8 Å². The number of nitrogens with zero attached hydrogens (tertiary/aromatic N) is 1. The van der Waals surface area contributed by atoms with Crippen molar-refractivity contribution in [1.82, 2.24) is 15.5 Å². The molecule has 2 amide bonds. The number of thiocarbonyl (C=S) groups is 1. The van der Waals surface area contributed by atoms with Gasteiger partial charge in [-0.2, -0.15) is 0 Å². The summed E-state index contributed by atoms with van der Waals surface area (Å²) in [5.74, 6) is 0.499. The van der Waals surface area contributed by atoms with Gasteiger partial charge in [-0.1, -0.05) is 13.8 Å². The molecule has 3 N–H and O–H groups in total. The number of ether oxygens (including phenoxy) is 2. The molecule has 0 saturated carbocycles. The zero-order chi connectivity index (χ0) is 25.7. The van der Waals surface area contributed by atoms with Gasteiger partial charge in [0.1, 0.15) is 11.9 Å². The number of halogens is 1. The number of piperidine rings is 1. The Labute approximate surface area is 215 Å². The predicted molar refractivity (Wildman–Crippen MR) is 139 cm³/mol. The number of nitrogens with one attached hydrogen (secondary N) is 3. The van der Waals surface area contributed by atoms with Crippen LogP contribution in [0.25, 0.3) is 0 Å². The summed E-state index contributed by atoms with van der Waals surface area (Å²) in [6.45, 7) is 5.95. The Hall–Kier alpha value is -3.40. The topological polar surface area (TPSA) is 91.9 Å². The molecule has 4 rings (SSSR count). The summed E-state index contributed by atoms with van der Waals surface area (Å²) in [7, 11) is 0. The lowest BCUT2D eigenvalue weighted by Crippen LogP contribution is -2.54. The van der Waals surface area contributed by atoms with Gasteiger partial charge in [-0.3, -0.25) is 9.59 Å². The van der Waals surface area contributed by atoms with Crippen molar-refractivity contribution in [1.29, 1.82) is 0 Å². The van der Waals surface area contributed by atoms with E-state index in [0.29, 0.717) is 60.3 Å². The van der Waals surface area contributed by atoms with Crippen LogP contribution in [0.15, 0.2) is 42.5 Å². The fourth-order valence-electron chi connectivity index (χ4n) is 4.25. The Morgan fingerprint density at radius 2 is 1.78 bits per heavy atom. The number of anilines is 1. The summed E-state index contributed by atoms with van der Waals surface area (Å²) in [5.41, 5.74) is 1.12. The van der Waals surface area contributed by atoms with Crippen molar-refractivity contribution < 1.29 is 23.5 Å². The van der Waals surface area contributed by atoms with Gasteiger partial charge in [-0.25, -0.2) is 4.39 Å². The second kappa shape index (κ2) is 11.6. The first kappa shape index (κ1) is 25.7. The van der Waals surface area contributed by atoms with Crippen LogP contribution in [0.4, 0.5) is 10.1 Å². The Bertz CT molecular complexity index is 1100. The van der Waals surface area contributed by atoms with Crippen LogP contribution in [0.3, 0.4) is 0 Å². The van der Waals surface area contributed by atoms with Gasteiger partial charge in [0.2, 0.25) is 12.7 Å². The van der Waals surface area contributed by atoms with Gasteiger partial charge in [-0.15, -0.1) is 0 Å². The van der Waals surface area contributed by atoms with Crippen LogP contribution in [0.5, 0.6) is 11.5 Å². The molecule has 2 aromatic rings. The molecule has 8 nitrogen and oxygen atoms in total. The van der Waals surface area contributed by atoms with Gasteiger partial charge in [0.25, 0.3) is 5.91 Å². The lowest BCUT2D eigenvalue weighted by Gasteiger charge is -2.37. The van der Waals surface area contributed by atoms with Crippen molar-refractivity contribution in [2.45, 2.75) is 32.7 Å². The standard InChI is InChI=1S/C26H31FN4O4S/c1-16(2)14-28-25(33)23(30-24(32)18-3-8-21-22(13-18)35-15-34-21)17-9-11-31(12-10-17)26(36)29-20-6-4-19(27)5-7-20/h3-8,13,16-17,23H,9-12,14-15H2,1-2H3,(H,28,33)(H,29,36)(H,30,32). The summed E-state index contributed by atoms with van der Waals surface area (Å²) >= 11 is 5.54. The Morgan fingerprint density at radius 1 is 1.08 bits per heavy atom. The number of rotatable bonds is 7. The SMILES string of the molecule is CC(C)CNC(=O)C(NC(=O)c1ccc2c(c1)OCO2)C1CCN(C(=S)Nc2ccc(F)cc2)CC1. The molecule has 1 fully saturated rings. The number of hydrogen-bond acceptors (Lipinski definition) is 5. The van der Waals surface area contributed by atoms with Crippen molar-refractivity contribution in [3.63, 3.8) is 0 Å². The number of fused-ring (bicyclic) bond motifs is 1. The molecular formula is C26H31FN4O4S. The lowest BCUT2D eigenvalue weighted by atomic mass is 9.88. The third kappa shape index (κ3) is 6.42. The number of carbonyl (C=O) groups excluding carboxylic acids is 2.